The largest absolute Gasteiger partial charge is 0.495 e. The number of likely N-dealkylation sites (N-methyl/N-ethyl adjacent to an activating group) is 1. The molecule has 0 spiro atoms. The number of hydrogen-bond donors (Lipinski definition) is 2. The maximum Gasteiger partial charge on any atom is 0.155 e. The van der Waals surface area contributed by atoms with E-state index >= 15 is 0 Å². The Morgan fingerprint density at radius 2 is 1.67 bits per heavy atom. The van der Waals surface area contributed by atoms with Crippen molar-refractivity contribution in [1.29, 1.82) is 0 Å². The smallest absolute Gasteiger partial charge is 0.155 e. The Hall–Kier alpha value is -4.83. The van der Waals surface area contributed by atoms with Gasteiger partial charge in [0.1, 0.15) is 29.6 Å². The maximum absolute atomic E-state index is 14.6. The van der Waals surface area contributed by atoms with Crippen LogP contribution in [0.25, 0.3) is 55.6 Å². The molecular formula is C29H26FN7O2. The number of nitrogens with one attached hydrogen (secondary N) is 2. The van der Waals surface area contributed by atoms with Crippen LogP contribution in [-0.2, 0) is 0 Å². The van der Waals surface area contributed by atoms with E-state index < -0.39 is 0 Å². The van der Waals surface area contributed by atoms with E-state index in [0.29, 0.717) is 35.0 Å². The van der Waals surface area contributed by atoms with Crippen molar-refractivity contribution in [1.82, 2.24) is 35.0 Å². The first-order valence-corrected chi connectivity index (χ1v) is 12.4. The van der Waals surface area contributed by atoms with Crippen LogP contribution in [0, 0.1) is 5.82 Å². The molecule has 5 heterocycles. The van der Waals surface area contributed by atoms with E-state index in [2.05, 4.69) is 30.1 Å². The molecule has 0 aliphatic carbocycles. The highest BCUT2D eigenvalue weighted by atomic mass is 19.1. The zero-order chi connectivity index (χ0) is 26.9. The minimum Gasteiger partial charge on any atom is -0.495 e. The second-order valence-electron chi connectivity index (χ2n) is 9.46. The molecule has 0 radical (unpaired) electrons. The lowest BCUT2D eigenvalue weighted by Crippen LogP contribution is -2.19. The summed E-state index contributed by atoms with van der Waals surface area (Å²) >= 11 is 0. The van der Waals surface area contributed by atoms with Gasteiger partial charge in [-0.2, -0.15) is 5.10 Å². The number of rotatable bonds is 8. The third-order valence-electron chi connectivity index (χ3n) is 6.49. The van der Waals surface area contributed by atoms with Crippen molar-refractivity contribution in [2.24, 2.45) is 0 Å². The third kappa shape index (κ3) is 4.89. The second kappa shape index (κ2) is 10.1. The Bertz CT molecular complexity index is 1790. The summed E-state index contributed by atoms with van der Waals surface area (Å²) in [6.45, 7) is 1.19. The number of benzene rings is 1. The summed E-state index contributed by atoms with van der Waals surface area (Å²) in [6, 6.07) is 10.7. The monoisotopic (exact) mass is 523 g/mol. The number of ether oxygens (including phenoxy) is 2. The molecule has 0 aliphatic rings. The minimum absolute atomic E-state index is 0.371. The van der Waals surface area contributed by atoms with Crippen LogP contribution in [0.15, 0.2) is 67.4 Å². The molecule has 6 rings (SSSR count). The molecule has 1 aromatic carbocycles. The Balaban J connectivity index is 1.40. The van der Waals surface area contributed by atoms with Crippen LogP contribution in [0.1, 0.15) is 0 Å². The number of H-pyrrole nitrogens is 2. The van der Waals surface area contributed by atoms with Crippen LogP contribution in [0.5, 0.6) is 11.5 Å². The number of aromatic nitrogens is 6. The third-order valence-corrected chi connectivity index (χ3v) is 6.49. The molecule has 0 aliphatic heterocycles. The van der Waals surface area contributed by atoms with E-state index in [1.165, 1.54) is 12.1 Å². The van der Waals surface area contributed by atoms with Crippen LogP contribution >= 0.6 is 0 Å². The topological polar surface area (TPSA) is 105 Å². The highest BCUT2D eigenvalue weighted by Gasteiger charge is 2.16. The molecule has 0 bridgehead atoms. The van der Waals surface area contributed by atoms with Crippen molar-refractivity contribution in [2.75, 3.05) is 34.4 Å². The van der Waals surface area contributed by atoms with Gasteiger partial charge in [-0.05, 0) is 50.0 Å². The van der Waals surface area contributed by atoms with Crippen molar-refractivity contribution >= 4 is 21.9 Å². The lowest BCUT2D eigenvalue weighted by molar-refractivity contribution is 0.260. The Labute approximate surface area is 223 Å². The summed E-state index contributed by atoms with van der Waals surface area (Å²) in [5, 5.41) is 9.30. The SMILES string of the molecule is COc1cncc(-c2cnc3[nH]nc(-c4cc5c(-c6cc(F)cc(OCCN(C)C)c6)cncc5[nH]4)c3c2)c1. The first-order chi connectivity index (χ1) is 19.0. The zero-order valence-electron chi connectivity index (χ0n) is 21.7. The number of fused-ring (bicyclic) bond motifs is 2. The molecular weight excluding hydrogens is 497 g/mol. The molecule has 10 heteroatoms. The Morgan fingerprint density at radius 3 is 2.51 bits per heavy atom. The molecule has 39 heavy (non-hydrogen) atoms. The predicted molar refractivity (Wildman–Crippen MR) is 148 cm³/mol. The summed E-state index contributed by atoms with van der Waals surface area (Å²) in [6.07, 6.45) is 8.68. The molecule has 0 saturated carbocycles. The summed E-state index contributed by atoms with van der Waals surface area (Å²) < 4.78 is 25.7. The van der Waals surface area contributed by atoms with Crippen molar-refractivity contribution in [2.45, 2.75) is 0 Å². The number of pyridine rings is 3. The van der Waals surface area contributed by atoms with Gasteiger partial charge in [-0.3, -0.25) is 15.1 Å². The van der Waals surface area contributed by atoms with Crippen LogP contribution in [0.2, 0.25) is 0 Å². The van der Waals surface area contributed by atoms with Crippen LogP contribution in [0.4, 0.5) is 4.39 Å². The number of hydrogen-bond acceptors (Lipinski definition) is 7. The van der Waals surface area contributed by atoms with Crippen molar-refractivity contribution in [3.05, 3.63) is 73.2 Å². The maximum atomic E-state index is 14.6. The fourth-order valence-corrected chi connectivity index (χ4v) is 4.51. The molecule has 9 nitrogen and oxygen atoms in total. The molecule has 0 amide bonds. The Morgan fingerprint density at radius 1 is 0.846 bits per heavy atom. The van der Waals surface area contributed by atoms with Gasteiger partial charge in [0.25, 0.3) is 0 Å². The summed E-state index contributed by atoms with van der Waals surface area (Å²) in [4.78, 5) is 18.6. The highest BCUT2D eigenvalue weighted by molar-refractivity contribution is 6.00. The standard InChI is InChI=1S/C29H26FN7O2/c1-37(2)4-5-39-21-7-17(6-20(30)10-21)25-15-32-16-27-23(25)11-26(34-27)28-24-9-19(13-33-29(24)36-35-28)18-8-22(38-3)14-31-12-18/h6-16,34H,4-5H2,1-3H3,(H,33,35,36). The summed E-state index contributed by atoms with van der Waals surface area (Å²) in [5.41, 5.74) is 6.19. The molecule has 6 aromatic rings. The second-order valence-corrected chi connectivity index (χ2v) is 9.46. The lowest BCUT2D eigenvalue weighted by Gasteiger charge is -2.12. The van der Waals surface area contributed by atoms with E-state index in [9.17, 15) is 4.39 Å². The average Bonchev–Trinajstić information content (AvgIpc) is 3.56. The van der Waals surface area contributed by atoms with Crippen molar-refractivity contribution in [3.63, 3.8) is 0 Å². The van der Waals surface area contributed by atoms with Gasteiger partial charge >= 0.3 is 0 Å². The first kappa shape index (κ1) is 24.5. The van der Waals surface area contributed by atoms with Crippen LogP contribution in [0.3, 0.4) is 0 Å². The van der Waals surface area contributed by atoms with Crippen LogP contribution in [-0.4, -0.2) is 69.4 Å². The molecule has 0 atom stereocenters. The molecule has 2 N–H and O–H groups in total. The Kier molecular flexibility index (Phi) is 6.37. The first-order valence-electron chi connectivity index (χ1n) is 12.4. The fourth-order valence-electron chi connectivity index (χ4n) is 4.51. The lowest BCUT2D eigenvalue weighted by atomic mass is 10.0. The number of nitrogens with zero attached hydrogens (tertiary/aromatic N) is 5. The van der Waals surface area contributed by atoms with Gasteiger partial charge in [-0.15, -0.1) is 0 Å². The van der Waals surface area contributed by atoms with Gasteiger partial charge in [-0.1, -0.05) is 0 Å². The highest BCUT2D eigenvalue weighted by Crippen LogP contribution is 2.35. The van der Waals surface area contributed by atoms with Gasteiger partial charge < -0.3 is 19.4 Å². The molecule has 196 valence electrons. The van der Waals surface area contributed by atoms with Crippen molar-refractivity contribution in [3.8, 4) is 45.1 Å². The summed E-state index contributed by atoms with van der Waals surface area (Å²) in [5.74, 6) is 0.770. The molecule has 0 fully saturated rings. The van der Waals surface area contributed by atoms with Crippen LogP contribution < -0.4 is 9.47 Å². The van der Waals surface area contributed by atoms with E-state index in [1.54, 1.807) is 38.1 Å². The van der Waals surface area contributed by atoms with Gasteiger partial charge in [-0.25, -0.2) is 9.37 Å². The van der Waals surface area contributed by atoms with Gasteiger partial charge in [0.15, 0.2) is 5.65 Å². The van der Waals surface area contributed by atoms with Gasteiger partial charge in [0, 0.05) is 58.7 Å². The summed E-state index contributed by atoms with van der Waals surface area (Å²) in [7, 11) is 5.54. The van der Waals surface area contributed by atoms with E-state index in [-0.39, 0.29) is 5.82 Å². The average molecular weight is 524 g/mol. The molecule has 5 aromatic heterocycles. The zero-order valence-corrected chi connectivity index (χ0v) is 21.7. The van der Waals surface area contributed by atoms with Gasteiger partial charge in [0.05, 0.1) is 30.7 Å². The fraction of sp³-hybridized carbons (Fsp3) is 0.172. The van der Waals surface area contributed by atoms with E-state index in [0.717, 1.165) is 45.2 Å². The quantitative estimate of drug-likeness (QED) is 0.278. The van der Waals surface area contributed by atoms with Gasteiger partial charge in [0.2, 0.25) is 0 Å². The van der Waals surface area contributed by atoms with E-state index in [1.807, 2.05) is 43.3 Å². The predicted octanol–water partition coefficient (Wildman–Crippen LogP) is 5.32. The minimum atomic E-state index is -0.371. The number of halogens is 1. The number of methoxy groups -OCH3 is 1. The molecule has 0 unspecified atom stereocenters. The van der Waals surface area contributed by atoms with Crippen molar-refractivity contribution < 1.29 is 13.9 Å². The molecule has 0 saturated heterocycles. The normalized spacial score (nSPS) is 11.5. The number of aromatic amines is 2. The van der Waals surface area contributed by atoms with E-state index in [4.69, 9.17) is 9.47 Å².